The average Bonchev–Trinajstić information content (AvgIpc) is 2.93. The van der Waals surface area contributed by atoms with Crippen molar-refractivity contribution in [1.29, 1.82) is 0 Å². The second kappa shape index (κ2) is 12.5. The lowest BCUT2D eigenvalue weighted by atomic mass is 9.87. The predicted octanol–water partition coefficient (Wildman–Crippen LogP) is 4.38. The van der Waals surface area contributed by atoms with Crippen molar-refractivity contribution in [2.75, 3.05) is 32.6 Å². The number of anilines is 1. The van der Waals surface area contributed by atoms with Gasteiger partial charge < -0.3 is 20.1 Å². The van der Waals surface area contributed by atoms with Gasteiger partial charge in [0.2, 0.25) is 11.8 Å². The lowest BCUT2D eigenvalue weighted by Gasteiger charge is -2.36. The zero-order valence-corrected chi connectivity index (χ0v) is 21.4. The van der Waals surface area contributed by atoms with E-state index in [9.17, 15) is 18.4 Å². The van der Waals surface area contributed by atoms with Crippen molar-refractivity contribution in [3.63, 3.8) is 0 Å². The summed E-state index contributed by atoms with van der Waals surface area (Å²) in [6.07, 6.45) is 0.366. The number of carbonyl (C=O) groups excluding carboxylic acids is 2. The van der Waals surface area contributed by atoms with Gasteiger partial charge in [0.1, 0.15) is 11.6 Å². The van der Waals surface area contributed by atoms with Crippen molar-refractivity contribution in [2.45, 2.75) is 19.5 Å². The molecule has 0 aromatic heterocycles. The van der Waals surface area contributed by atoms with E-state index in [0.29, 0.717) is 43.2 Å². The van der Waals surface area contributed by atoms with Crippen LogP contribution in [0.5, 0.6) is 11.5 Å². The summed E-state index contributed by atoms with van der Waals surface area (Å²) in [5, 5.41) is 5.77. The number of carbonyl (C=O) groups is 2. The fourth-order valence-electron chi connectivity index (χ4n) is 4.65. The number of hydrogen-bond donors (Lipinski definition) is 2. The second-order valence-electron chi connectivity index (χ2n) is 9.35. The van der Waals surface area contributed by atoms with E-state index in [-0.39, 0.29) is 30.0 Å². The van der Waals surface area contributed by atoms with E-state index in [1.54, 1.807) is 26.4 Å². The van der Waals surface area contributed by atoms with Gasteiger partial charge in [-0.25, -0.2) is 8.78 Å². The van der Waals surface area contributed by atoms with Crippen LogP contribution in [0.25, 0.3) is 0 Å². The molecule has 3 aromatic rings. The molecule has 2 N–H and O–H groups in total. The van der Waals surface area contributed by atoms with Gasteiger partial charge in [0, 0.05) is 31.9 Å². The number of nitrogens with zero attached hydrogens (tertiary/aromatic N) is 1. The summed E-state index contributed by atoms with van der Waals surface area (Å²) < 4.78 is 37.3. The Hall–Kier alpha value is -3.98. The molecule has 200 valence electrons. The molecule has 1 aliphatic rings. The van der Waals surface area contributed by atoms with Crippen molar-refractivity contribution in [3.05, 3.63) is 89.5 Å². The lowest BCUT2D eigenvalue weighted by Crippen LogP contribution is -2.48. The number of rotatable bonds is 9. The van der Waals surface area contributed by atoms with Gasteiger partial charge in [-0.2, -0.15) is 0 Å². The summed E-state index contributed by atoms with van der Waals surface area (Å²) in [4.78, 5) is 28.4. The topological polar surface area (TPSA) is 79.9 Å². The third-order valence-corrected chi connectivity index (χ3v) is 6.61. The summed E-state index contributed by atoms with van der Waals surface area (Å²) in [5.41, 5.74) is 2.22. The molecule has 4 rings (SSSR count). The molecule has 1 aliphatic heterocycles. The smallest absolute Gasteiger partial charge is 0.228 e. The molecule has 1 fully saturated rings. The quantitative estimate of drug-likeness (QED) is 0.435. The lowest BCUT2D eigenvalue weighted by molar-refractivity contribution is -0.130. The van der Waals surface area contributed by atoms with Gasteiger partial charge in [-0.05, 0) is 66.1 Å². The highest BCUT2D eigenvalue weighted by atomic mass is 19.1. The highest BCUT2D eigenvalue weighted by Gasteiger charge is 2.35. The minimum Gasteiger partial charge on any atom is -0.493 e. The first kappa shape index (κ1) is 27.1. The summed E-state index contributed by atoms with van der Waals surface area (Å²) in [6.45, 7) is 1.67. The van der Waals surface area contributed by atoms with Crippen LogP contribution in [0.2, 0.25) is 0 Å². The van der Waals surface area contributed by atoms with E-state index < -0.39 is 11.8 Å². The molecule has 1 saturated heterocycles. The molecule has 2 atom stereocenters. The van der Waals surface area contributed by atoms with Crippen molar-refractivity contribution in [1.82, 2.24) is 10.2 Å². The van der Waals surface area contributed by atoms with Gasteiger partial charge in [0.15, 0.2) is 11.5 Å². The Kier molecular flexibility index (Phi) is 8.91. The van der Waals surface area contributed by atoms with Gasteiger partial charge in [0.05, 0.1) is 26.1 Å². The maximum Gasteiger partial charge on any atom is 0.228 e. The normalized spacial score (nSPS) is 17.5. The highest BCUT2D eigenvalue weighted by molar-refractivity contribution is 5.93. The average molecular weight is 524 g/mol. The maximum atomic E-state index is 13.3. The Morgan fingerprint density at radius 3 is 2.03 bits per heavy atom. The minimum absolute atomic E-state index is 0.175. The number of piperidine rings is 1. The van der Waals surface area contributed by atoms with Gasteiger partial charge in [-0.3, -0.25) is 14.5 Å². The number of amides is 2. The van der Waals surface area contributed by atoms with Crippen LogP contribution in [0, 0.1) is 23.5 Å². The molecule has 9 heteroatoms. The number of ether oxygens (including phenoxy) is 2. The van der Waals surface area contributed by atoms with Crippen LogP contribution >= 0.6 is 0 Å². The van der Waals surface area contributed by atoms with Crippen LogP contribution < -0.4 is 20.1 Å². The fourth-order valence-corrected chi connectivity index (χ4v) is 4.65. The molecule has 1 heterocycles. The Balaban J connectivity index is 1.48. The molecule has 0 aliphatic carbocycles. The van der Waals surface area contributed by atoms with Crippen molar-refractivity contribution < 1.29 is 27.8 Å². The molecule has 2 amide bonds. The molecule has 38 heavy (non-hydrogen) atoms. The monoisotopic (exact) mass is 523 g/mol. The SMILES string of the molecule is COc1ccc(CN2C[C@@H](C(=O)NCc3ccc(F)cc3)C[C@@H](C(=O)Nc3ccc(F)cc3)C2)cc1OC. The molecular weight excluding hydrogens is 492 g/mol. The van der Waals surface area contributed by atoms with Crippen LogP contribution in [-0.2, 0) is 22.7 Å². The first-order chi connectivity index (χ1) is 18.3. The van der Waals surface area contributed by atoms with E-state index in [2.05, 4.69) is 15.5 Å². The van der Waals surface area contributed by atoms with Crippen molar-refractivity contribution >= 4 is 17.5 Å². The third kappa shape index (κ3) is 7.07. The predicted molar refractivity (Wildman–Crippen MR) is 140 cm³/mol. The summed E-state index contributed by atoms with van der Waals surface area (Å²) >= 11 is 0. The number of hydrogen-bond acceptors (Lipinski definition) is 5. The summed E-state index contributed by atoms with van der Waals surface area (Å²) in [6, 6.07) is 17.1. The second-order valence-corrected chi connectivity index (χ2v) is 9.35. The van der Waals surface area contributed by atoms with Gasteiger partial charge in [-0.15, -0.1) is 0 Å². The van der Waals surface area contributed by atoms with Crippen molar-refractivity contribution in [3.8, 4) is 11.5 Å². The number of likely N-dealkylation sites (tertiary alicyclic amines) is 1. The first-order valence-corrected chi connectivity index (χ1v) is 12.4. The van der Waals surface area contributed by atoms with Gasteiger partial charge in [-0.1, -0.05) is 18.2 Å². The zero-order chi connectivity index (χ0) is 27.1. The molecule has 7 nitrogen and oxygen atoms in total. The van der Waals surface area contributed by atoms with E-state index >= 15 is 0 Å². The van der Waals surface area contributed by atoms with E-state index in [1.165, 1.54) is 36.4 Å². The van der Waals surface area contributed by atoms with Crippen LogP contribution in [0.3, 0.4) is 0 Å². The number of nitrogens with one attached hydrogen (secondary N) is 2. The minimum atomic E-state index is -0.462. The highest BCUT2D eigenvalue weighted by Crippen LogP contribution is 2.30. The molecule has 0 radical (unpaired) electrons. The standard InChI is InChI=1S/C29H31F2N3O4/c1-37-26-12-5-20(13-27(26)38-2)16-34-17-21(28(35)32-15-19-3-6-23(30)7-4-19)14-22(18-34)29(36)33-25-10-8-24(31)9-11-25/h3-13,21-22H,14-18H2,1-2H3,(H,32,35)(H,33,36)/t21-,22+/m0/s1. The van der Waals surface area contributed by atoms with E-state index in [1.807, 2.05) is 18.2 Å². The van der Waals surface area contributed by atoms with Crippen LogP contribution in [0.1, 0.15) is 17.5 Å². The zero-order valence-electron chi connectivity index (χ0n) is 21.4. The number of benzene rings is 3. The van der Waals surface area contributed by atoms with Gasteiger partial charge in [0.25, 0.3) is 0 Å². The molecule has 0 saturated carbocycles. The van der Waals surface area contributed by atoms with Crippen LogP contribution in [-0.4, -0.2) is 44.0 Å². The van der Waals surface area contributed by atoms with Crippen LogP contribution in [0.15, 0.2) is 66.7 Å². The number of methoxy groups -OCH3 is 2. The third-order valence-electron chi connectivity index (χ3n) is 6.61. The molecule has 0 bridgehead atoms. The molecule has 0 unspecified atom stereocenters. The number of halogens is 2. The Morgan fingerprint density at radius 2 is 1.39 bits per heavy atom. The van der Waals surface area contributed by atoms with Gasteiger partial charge >= 0.3 is 0 Å². The Labute approximate surface area is 220 Å². The first-order valence-electron chi connectivity index (χ1n) is 12.4. The molecule has 3 aromatic carbocycles. The van der Waals surface area contributed by atoms with E-state index in [0.717, 1.165) is 11.1 Å². The molecular formula is C29H31F2N3O4. The van der Waals surface area contributed by atoms with Crippen molar-refractivity contribution in [2.24, 2.45) is 11.8 Å². The van der Waals surface area contributed by atoms with Crippen LogP contribution in [0.4, 0.5) is 14.5 Å². The largest absolute Gasteiger partial charge is 0.493 e. The maximum absolute atomic E-state index is 13.3. The summed E-state index contributed by atoms with van der Waals surface area (Å²) in [7, 11) is 3.14. The Morgan fingerprint density at radius 1 is 0.816 bits per heavy atom. The van der Waals surface area contributed by atoms with E-state index in [4.69, 9.17) is 9.47 Å². The Bertz CT molecular complexity index is 1250. The molecule has 0 spiro atoms. The summed E-state index contributed by atoms with van der Waals surface area (Å²) in [5.74, 6) is -0.821. The fraction of sp³-hybridized carbons (Fsp3) is 0.310.